The summed E-state index contributed by atoms with van der Waals surface area (Å²) in [7, 11) is 0. The van der Waals surface area contributed by atoms with Crippen LogP contribution in [0.25, 0.3) is 165 Å². The van der Waals surface area contributed by atoms with Gasteiger partial charge in [0.05, 0.1) is 33.1 Å². The molecule has 0 unspecified atom stereocenters. The van der Waals surface area contributed by atoms with Crippen molar-refractivity contribution in [3.05, 3.63) is 216 Å². The summed E-state index contributed by atoms with van der Waals surface area (Å²) in [5.41, 5.74) is 25.8. The summed E-state index contributed by atoms with van der Waals surface area (Å²) in [5, 5.41) is 14.7. The predicted molar refractivity (Wildman–Crippen MR) is 367 cm³/mol. The Morgan fingerprint density at radius 3 is 0.977 bits per heavy atom. The molecule has 0 spiro atoms. The molecule has 0 N–H and O–H groups in total. The summed E-state index contributed by atoms with van der Waals surface area (Å²) in [6.45, 7) is 28.0. The Bertz CT molecular complexity index is 5320. The Balaban J connectivity index is 1.04. The van der Waals surface area contributed by atoms with Gasteiger partial charge in [-0.1, -0.05) is 217 Å². The van der Waals surface area contributed by atoms with Crippen molar-refractivity contribution in [1.82, 2.24) is 8.80 Å². The van der Waals surface area contributed by atoms with Crippen molar-refractivity contribution in [3.8, 4) is 44.5 Å². The number of rotatable bonds is 4. The molecule has 0 aliphatic heterocycles. The van der Waals surface area contributed by atoms with Crippen LogP contribution < -0.4 is 0 Å². The van der Waals surface area contributed by atoms with Gasteiger partial charge in [-0.25, -0.2) is 0 Å². The average molecular weight is 1110 g/mol. The Kier molecular flexibility index (Phi) is 10.2. The second-order valence-corrected chi connectivity index (χ2v) is 28.9. The zero-order chi connectivity index (χ0) is 58.8. The highest BCUT2D eigenvalue weighted by molar-refractivity contribution is 6.45. The lowest BCUT2D eigenvalue weighted by Crippen LogP contribution is -2.16. The smallest absolute Gasteiger partial charge is 0.136 e. The molecular formula is C82H68N2O2. The summed E-state index contributed by atoms with van der Waals surface area (Å²) in [6.07, 6.45) is 0. The molecule has 0 fully saturated rings. The Morgan fingerprint density at radius 2 is 0.593 bits per heavy atom. The molecule has 4 nitrogen and oxygen atoms in total. The molecule has 17 rings (SSSR count). The van der Waals surface area contributed by atoms with Gasteiger partial charge in [-0.2, -0.15) is 0 Å². The SMILES string of the molecule is CC(C)(C)c1cc(-c2ccc3c4c5c6cc(-c7cccc8oc9ccccc9c78)ccc6n6c7cc(-c8cc(C(C)(C)C)cc(C(C)(C)C)c8)ccc7c(c7c8cc(-c9cccc%10oc%11ccccc%11c9%10)ccc8n(c3c2)c74)c56)cc(C(C)(C)C)c1. The highest BCUT2D eigenvalue weighted by atomic mass is 16.3. The van der Waals surface area contributed by atoms with Crippen LogP contribution in [0.3, 0.4) is 0 Å². The van der Waals surface area contributed by atoms with Crippen molar-refractivity contribution in [2.75, 3.05) is 0 Å². The summed E-state index contributed by atoms with van der Waals surface area (Å²) < 4.78 is 18.4. The average Bonchev–Trinajstić information content (AvgIpc) is 1.50. The van der Waals surface area contributed by atoms with E-state index in [-0.39, 0.29) is 21.7 Å². The van der Waals surface area contributed by atoms with E-state index in [1.807, 2.05) is 0 Å². The Hall–Kier alpha value is -9.38. The molecule has 6 heterocycles. The molecule has 4 heteroatoms. The fraction of sp³-hybridized carbons (Fsp3) is 0.195. The first kappa shape index (κ1) is 51.1. The van der Waals surface area contributed by atoms with Gasteiger partial charge in [0.25, 0.3) is 0 Å². The fourth-order valence-electron chi connectivity index (χ4n) is 14.7. The van der Waals surface area contributed by atoms with Gasteiger partial charge in [0.15, 0.2) is 0 Å². The molecule has 418 valence electrons. The van der Waals surface area contributed by atoms with Crippen LogP contribution in [0, 0.1) is 0 Å². The number of hydrogen-bond donors (Lipinski definition) is 0. The molecular weight excluding hydrogens is 1040 g/mol. The molecule has 6 aromatic heterocycles. The fourth-order valence-corrected chi connectivity index (χ4v) is 14.7. The van der Waals surface area contributed by atoms with Crippen molar-refractivity contribution in [2.45, 2.75) is 105 Å². The van der Waals surface area contributed by atoms with Crippen LogP contribution in [0.5, 0.6) is 0 Å². The van der Waals surface area contributed by atoms with E-state index in [0.717, 1.165) is 43.9 Å². The van der Waals surface area contributed by atoms with Gasteiger partial charge < -0.3 is 17.6 Å². The van der Waals surface area contributed by atoms with Crippen molar-refractivity contribution in [3.63, 3.8) is 0 Å². The van der Waals surface area contributed by atoms with Crippen LogP contribution in [-0.2, 0) is 21.7 Å². The number of benzene rings is 11. The van der Waals surface area contributed by atoms with Gasteiger partial charge in [0.2, 0.25) is 0 Å². The van der Waals surface area contributed by atoms with E-state index in [1.54, 1.807) is 0 Å². The molecule has 17 aromatic rings. The van der Waals surface area contributed by atoms with Gasteiger partial charge in [-0.05, 0) is 149 Å². The third-order valence-corrected chi connectivity index (χ3v) is 19.3. The van der Waals surface area contributed by atoms with Crippen molar-refractivity contribution in [2.24, 2.45) is 0 Å². The lowest BCUT2D eigenvalue weighted by molar-refractivity contribution is 0.568. The van der Waals surface area contributed by atoms with E-state index in [1.165, 1.54) is 143 Å². The maximum atomic E-state index is 6.55. The van der Waals surface area contributed by atoms with Crippen LogP contribution in [0.2, 0.25) is 0 Å². The minimum atomic E-state index is -0.0293. The zero-order valence-corrected chi connectivity index (χ0v) is 51.2. The summed E-state index contributed by atoms with van der Waals surface area (Å²) in [6, 6.07) is 73.8. The molecule has 0 saturated carbocycles. The van der Waals surface area contributed by atoms with Crippen LogP contribution in [-0.4, -0.2) is 8.80 Å². The second kappa shape index (κ2) is 17.2. The molecule has 0 aliphatic carbocycles. The molecule has 0 amide bonds. The third-order valence-electron chi connectivity index (χ3n) is 19.3. The lowest BCUT2D eigenvalue weighted by atomic mass is 9.79. The van der Waals surface area contributed by atoms with E-state index in [4.69, 9.17) is 8.83 Å². The summed E-state index contributed by atoms with van der Waals surface area (Å²) in [5.74, 6) is 0. The number of aromatic nitrogens is 2. The monoisotopic (exact) mass is 1110 g/mol. The van der Waals surface area contributed by atoms with Crippen LogP contribution in [0.15, 0.2) is 203 Å². The summed E-state index contributed by atoms with van der Waals surface area (Å²) in [4.78, 5) is 0. The summed E-state index contributed by atoms with van der Waals surface area (Å²) >= 11 is 0. The first-order chi connectivity index (χ1) is 41.2. The van der Waals surface area contributed by atoms with Crippen LogP contribution >= 0.6 is 0 Å². The van der Waals surface area contributed by atoms with E-state index >= 15 is 0 Å². The minimum absolute atomic E-state index is 0.0293. The largest absolute Gasteiger partial charge is 0.456 e. The lowest BCUT2D eigenvalue weighted by Gasteiger charge is -2.26. The number of para-hydroxylation sites is 2. The van der Waals surface area contributed by atoms with E-state index in [9.17, 15) is 0 Å². The highest BCUT2D eigenvalue weighted by Crippen LogP contribution is 2.54. The van der Waals surface area contributed by atoms with E-state index in [0.29, 0.717) is 0 Å². The second-order valence-electron chi connectivity index (χ2n) is 28.9. The van der Waals surface area contributed by atoms with Crippen LogP contribution in [0.4, 0.5) is 0 Å². The number of furan rings is 2. The quantitative estimate of drug-likeness (QED) is 0.176. The van der Waals surface area contributed by atoms with Gasteiger partial charge >= 0.3 is 0 Å². The van der Waals surface area contributed by atoms with Gasteiger partial charge in [0.1, 0.15) is 22.3 Å². The number of nitrogens with zero attached hydrogens (tertiary/aromatic N) is 2. The van der Waals surface area contributed by atoms with Gasteiger partial charge in [-0.3, -0.25) is 0 Å². The normalized spacial score (nSPS) is 13.3. The zero-order valence-electron chi connectivity index (χ0n) is 51.2. The van der Waals surface area contributed by atoms with Gasteiger partial charge in [-0.15, -0.1) is 0 Å². The first-order valence-corrected chi connectivity index (χ1v) is 30.7. The van der Waals surface area contributed by atoms with Gasteiger partial charge in [0, 0.05) is 64.6 Å². The number of fused-ring (bicyclic) bond motifs is 20. The Labute approximate surface area is 500 Å². The first-order valence-electron chi connectivity index (χ1n) is 30.7. The maximum absolute atomic E-state index is 6.55. The van der Waals surface area contributed by atoms with E-state index in [2.05, 4.69) is 286 Å². The molecule has 0 aliphatic rings. The third kappa shape index (κ3) is 7.22. The molecule has 0 bridgehead atoms. The highest BCUT2D eigenvalue weighted by Gasteiger charge is 2.31. The number of hydrogen-bond acceptors (Lipinski definition) is 2. The minimum Gasteiger partial charge on any atom is -0.456 e. The predicted octanol–water partition coefficient (Wildman–Crippen LogP) is 23.6. The molecule has 0 saturated heterocycles. The Morgan fingerprint density at radius 1 is 0.244 bits per heavy atom. The maximum Gasteiger partial charge on any atom is 0.136 e. The molecule has 0 atom stereocenters. The molecule has 86 heavy (non-hydrogen) atoms. The standard InChI is InChI=1S/C82H68N2O2/c1-79(2,3)51-35-49(36-52(43-51)80(4,5)6)45-27-31-57-65(41-45)83-63-33-29-47(55-21-17-25-69-71(55)59-19-13-15-23-67(59)85-69)39-61(63)76-74-58-32-28-46(50-37-53(81(7,8)9)44-54(38-50)82(10,11)12)42-66(58)84-64-34-30-48(40-62(64)75(78(74)84)73(57)77(76)83)56-22-18-26-70-72(56)60-20-14-16-24-68(60)86-70/h13-44H,1-12H3. The van der Waals surface area contributed by atoms with Crippen molar-refractivity contribution >= 4 is 120 Å². The molecule has 0 radical (unpaired) electrons. The van der Waals surface area contributed by atoms with Crippen LogP contribution in [0.1, 0.15) is 105 Å². The topological polar surface area (TPSA) is 35.1 Å². The van der Waals surface area contributed by atoms with E-state index < -0.39 is 0 Å². The van der Waals surface area contributed by atoms with Crippen molar-refractivity contribution < 1.29 is 8.83 Å². The van der Waals surface area contributed by atoms with Crippen molar-refractivity contribution in [1.29, 1.82) is 0 Å². The molecule has 11 aromatic carbocycles.